The summed E-state index contributed by atoms with van der Waals surface area (Å²) in [4.78, 5) is 13.8. The third kappa shape index (κ3) is 2.95. The van der Waals surface area contributed by atoms with Crippen LogP contribution in [-0.4, -0.2) is 43.3 Å². The number of rotatable bonds is 2. The van der Waals surface area contributed by atoms with Crippen molar-refractivity contribution in [1.29, 1.82) is 0 Å². The molecule has 5 nitrogen and oxygen atoms in total. The highest BCUT2D eigenvalue weighted by atomic mass is 16.5. The minimum Gasteiger partial charge on any atom is -0.377 e. The van der Waals surface area contributed by atoms with Gasteiger partial charge >= 0.3 is 6.03 Å². The van der Waals surface area contributed by atoms with Gasteiger partial charge < -0.3 is 20.7 Å². The summed E-state index contributed by atoms with van der Waals surface area (Å²) in [5, 5.41) is 2.85. The number of morpholine rings is 1. The number of para-hydroxylation sites is 1. The molecule has 1 unspecified atom stereocenters. The van der Waals surface area contributed by atoms with E-state index in [2.05, 4.69) is 5.32 Å². The molecule has 1 aliphatic heterocycles. The average molecular weight is 235 g/mol. The van der Waals surface area contributed by atoms with Gasteiger partial charge in [-0.2, -0.15) is 0 Å². The number of nitrogens with zero attached hydrogens (tertiary/aromatic N) is 1. The van der Waals surface area contributed by atoms with E-state index in [4.69, 9.17) is 10.5 Å². The van der Waals surface area contributed by atoms with Gasteiger partial charge in [-0.05, 0) is 12.1 Å². The second-order valence-corrected chi connectivity index (χ2v) is 3.95. The van der Waals surface area contributed by atoms with Crippen LogP contribution in [0.2, 0.25) is 0 Å². The van der Waals surface area contributed by atoms with Crippen molar-refractivity contribution in [2.24, 2.45) is 5.73 Å². The van der Waals surface area contributed by atoms with Gasteiger partial charge in [-0.25, -0.2) is 4.79 Å². The summed E-state index contributed by atoms with van der Waals surface area (Å²) in [6.07, 6.45) is 0. The fourth-order valence-corrected chi connectivity index (χ4v) is 1.83. The number of nitrogens with two attached hydrogens (primary N) is 1. The molecule has 0 bridgehead atoms. The molecule has 0 radical (unpaired) electrons. The van der Waals surface area contributed by atoms with Gasteiger partial charge in [-0.15, -0.1) is 0 Å². The molecule has 1 heterocycles. The number of carbonyl (C=O) groups excluding carboxylic acids is 1. The molecule has 17 heavy (non-hydrogen) atoms. The van der Waals surface area contributed by atoms with Crippen LogP contribution < -0.4 is 11.1 Å². The second-order valence-electron chi connectivity index (χ2n) is 3.95. The SMILES string of the molecule is NCC1COCCN1C(=O)Nc1ccccc1. The third-order valence-corrected chi connectivity index (χ3v) is 2.79. The highest BCUT2D eigenvalue weighted by Crippen LogP contribution is 2.10. The first kappa shape index (κ1) is 11.9. The van der Waals surface area contributed by atoms with Crippen molar-refractivity contribution < 1.29 is 9.53 Å². The summed E-state index contributed by atoms with van der Waals surface area (Å²) in [7, 11) is 0. The van der Waals surface area contributed by atoms with E-state index >= 15 is 0 Å². The Labute approximate surface area is 101 Å². The van der Waals surface area contributed by atoms with Crippen LogP contribution in [0.5, 0.6) is 0 Å². The quantitative estimate of drug-likeness (QED) is 0.799. The van der Waals surface area contributed by atoms with Crippen molar-refractivity contribution in [3.63, 3.8) is 0 Å². The largest absolute Gasteiger partial charge is 0.377 e. The van der Waals surface area contributed by atoms with E-state index in [-0.39, 0.29) is 12.1 Å². The van der Waals surface area contributed by atoms with Crippen molar-refractivity contribution in [1.82, 2.24) is 4.90 Å². The van der Waals surface area contributed by atoms with Gasteiger partial charge in [0.05, 0.1) is 19.3 Å². The zero-order valence-corrected chi connectivity index (χ0v) is 9.63. The summed E-state index contributed by atoms with van der Waals surface area (Å²) >= 11 is 0. The lowest BCUT2D eigenvalue weighted by Gasteiger charge is -2.34. The molecule has 5 heteroatoms. The van der Waals surface area contributed by atoms with E-state index in [1.54, 1.807) is 4.90 Å². The Bertz CT molecular complexity index is 369. The number of ether oxygens (including phenoxy) is 1. The number of amides is 2. The molecule has 1 atom stereocenters. The summed E-state index contributed by atoms with van der Waals surface area (Å²) in [6.45, 7) is 2.08. The molecule has 1 aliphatic rings. The number of urea groups is 1. The first-order valence-corrected chi connectivity index (χ1v) is 5.71. The molecule has 1 aromatic carbocycles. The molecule has 92 valence electrons. The number of hydrogen-bond acceptors (Lipinski definition) is 3. The minimum atomic E-state index is -0.116. The number of hydrogen-bond donors (Lipinski definition) is 2. The molecular formula is C12H17N3O2. The van der Waals surface area contributed by atoms with Gasteiger partial charge in [0.1, 0.15) is 0 Å². The normalized spacial score (nSPS) is 20.1. The molecule has 1 saturated heterocycles. The van der Waals surface area contributed by atoms with Crippen LogP contribution >= 0.6 is 0 Å². The summed E-state index contributed by atoms with van der Waals surface area (Å²) in [5.41, 5.74) is 6.41. The van der Waals surface area contributed by atoms with Crippen LogP contribution in [0, 0.1) is 0 Å². The molecule has 2 amide bonds. The predicted molar refractivity (Wildman–Crippen MR) is 65.8 cm³/mol. The zero-order chi connectivity index (χ0) is 12.1. The minimum absolute atomic E-state index is 0.0348. The molecule has 0 aromatic heterocycles. The van der Waals surface area contributed by atoms with Gasteiger partial charge in [0.15, 0.2) is 0 Å². The monoisotopic (exact) mass is 235 g/mol. The lowest BCUT2D eigenvalue weighted by molar-refractivity contribution is 0.0188. The first-order chi connectivity index (χ1) is 8.31. The van der Waals surface area contributed by atoms with E-state index in [1.165, 1.54) is 0 Å². The summed E-state index contributed by atoms with van der Waals surface area (Å²) in [6, 6.07) is 9.24. The number of nitrogens with one attached hydrogen (secondary N) is 1. The van der Waals surface area contributed by atoms with E-state index in [0.29, 0.717) is 26.3 Å². The Hall–Kier alpha value is -1.59. The zero-order valence-electron chi connectivity index (χ0n) is 9.63. The Morgan fingerprint density at radius 1 is 1.47 bits per heavy atom. The molecule has 0 saturated carbocycles. The third-order valence-electron chi connectivity index (χ3n) is 2.79. The lowest BCUT2D eigenvalue weighted by Crippen LogP contribution is -2.53. The summed E-state index contributed by atoms with van der Waals surface area (Å²) < 4.78 is 5.30. The van der Waals surface area contributed by atoms with Crippen LogP contribution in [0.3, 0.4) is 0 Å². The van der Waals surface area contributed by atoms with Crippen molar-refractivity contribution in [2.45, 2.75) is 6.04 Å². The Morgan fingerprint density at radius 2 is 2.24 bits per heavy atom. The van der Waals surface area contributed by atoms with E-state index in [0.717, 1.165) is 5.69 Å². The van der Waals surface area contributed by atoms with Gasteiger partial charge in [0, 0.05) is 18.8 Å². The maximum Gasteiger partial charge on any atom is 0.322 e. The second kappa shape index (κ2) is 5.65. The average Bonchev–Trinajstić information content (AvgIpc) is 2.40. The maximum atomic E-state index is 12.0. The van der Waals surface area contributed by atoms with Crippen LogP contribution in [0.4, 0.5) is 10.5 Å². The predicted octanol–water partition coefficient (Wildman–Crippen LogP) is 0.878. The van der Waals surface area contributed by atoms with Crippen LogP contribution in [0.15, 0.2) is 30.3 Å². The summed E-state index contributed by atoms with van der Waals surface area (Å²) in [5.74, 6) is 0. The molecule has 0 spiro atoms. The van der Waals surface area contributed by atoms with Gasteiger partial charge in [-0.1, -0.05) is 18.2 Å². The number of carbonyl (C=O) groups is 1. The van der Waals surface area contributed by atoms with E-state index in [9.17, 15) is 4.79 Å². The topological polar surface area (TPSA) is 67.6 Å². The highest BCUT2D eigenvalue weighted by Gasteiger charge is 2.26. The van der Waals surface area contributed by atoms with Crippen molar-refractivity contribution >= 4 is 11.7 Å². The Balaban J connectivity index is 1.99. The molecule has 1 aromatic rings. The fourth-order valence-electron chi connectivity index (χ4n) is 1.83. The number of benzene rings is 1. The van der Waals surface area contributed by atoms with E-state index in [1.807, 2.05) is 30.3 Å². The highest BCUT2D eigenvalue weighted by molar-refractivity contribution is 5.89. The number of anilines is 1. The smallest absolute Gasteiger partial charge is 0.322 e. The van der Waals surface area contributed by atoms with Crippen LogP contribution in [0.1, 0.15) is 0 Å². The lowest BCUT2D eigenvalue weighted by atomic mass is 10.2. The van der Waals surface area contributed by atoms with Crippen molar-refractivity contribution in [2.75, 3.05) is 31.6 Å². The van der Waals surface area contributed by atoms with Crippen LogP contribution in [-0.2, 0) is 4.74 Å². The van der Waals surface area contributed by atoms with Gasteiger partial charge in [-0.3, -0.25) is 0 Å². The standard InChI is InChI=1S/C12H17N3O2/c13-8-11-9-17-7-6-15(11)12(16)14-10-4-2-1-3-5-10/h1-5,11H,6-9,13H2,(H,14,16). The Kier molecular flexibility index (Phi) is 3.95. The molecule has 0 aliphatic carbocycles. The fraction of sp³-hybridized carbons (Fsp3) is 0.417. The van der Waals surface area contributed by atoms with Gasteiger partial charge in [0.25, 0.3) is 0 Å². The van der Waals surface area contributed by atoms with E-state index < -0.39 is 0 Å². The first-order valence-electron chi connectivity index (χ1n) is 5.71. The van der Waals surface area contributed by atoms with Crippen LogP contribution in [0.25, 0.3) is 0 Å². The molecule has 2 rings (SSSR count). The molecule has 3 N–H and O–H groups in total. The Morgan fingerprint density at radius 3 is 2.94 bits per heavy atom. The van der Waals surface area contributed by atoms with Gasteiger partial charge in [0.2, 0.25) is 0 Å². The maximum absolute atomic E-state index is 12.0. The van der Waals surface area contributed by atoms with Crippen molar-refractivity contribution in [3.8, 4) is 0 Å². The van der Waals surface area contributed by atoms with Crippen molar-refractivity contribution in [3.05, 3.63) is 30.3 Å². The molecule has 1 fully saturated rings. The molecular weight excluding hydrogens is 218 g/mol.